The molecule has 2 N–H and O–H groups in total. The number of aliphatic imine (C=N–C) groups is 1. The van der Waals surface area contributed by atoms with E-state index in [-0.39, 0.29) is 24.0 Å². The maximum absolute atomic E-state index is 5.33. The van der Waals surface area contributed by atoms with Gasteiger partial charge in [0.15, 0.2) is 5.96 Å². The molecule has 0 saturated carbocycles. The molecule has 0 aliphatic heterocycles. The second kappa shape index (κ2) is 14.6. The molecular formula is C17H30IN3O2. The smallest absolute Gasteiger partial charge is 0.191 e. The molecule has 0 unspecified atom stereocenters. The van der Waals surface area contributed by atoms with Gasteiger partial charge in [0.05, 0.1) is 13.7 Å². The van der Waals surface area contributed by atoms with Gasteiger partial charge < -0.3 is 20.1 Å². The van der Waals surface area contributed by atoms with Crippen molar-refractivity contribution in [2.24, 2.45) is 4.99 Å². The third-order valence-electron chi connectivity index (χ3n) is 3.14. The maximum atomic E-state index is 5.33. The number of methoxy groups -OCH3 is 1. The minimum Gasteiger partial charge on any atom is -0.497 e. The lowest BCUT2D eigenvalue weighted by Crippen LogP contribution is -2.37. The van der Waals surface area contributed by atoms with Gasteiger partial charge in [0, 0.05) is 26.3 Å². The normalized spacial score (nSPS) is 10.8. The molecule has 0 heterocycles. The molecule has 0 aliphatic rings. The van der Waals surface area contributed by atoms with Gasteiger partial charge in [-0.2, -0.15) is 0 Å². The Morgan fingerprint density at radius 3 is 2.43 bits per heavy atom. The summed E-state index contributed by atoms with van der Waals surface area (Å²) >= 11 is 0. The summed E-state index contributed by atoms with van der Waals surface area (Å²) in [4.78, 5) is 4.60. The van der Waals surface area contributed by atoms with Gasteiger partial charge in [-0.25, -0.2) is 4.99 Å². The van der Waals surface area contributed by atoms with Crippen molar-refractivity contribution in [2.45, 2.75) is 33.2 Å². The molecular weight excluding hydrogens is 405 g/mol. The Hall–Kier alpha value is -1.02. The molecule has 6 heteroatoms. The standard InChI is InChI=1S/C17H29N3O2.HI/c1-4-18-17(19-12-6-7-13-22-5-2)20-14-15-8-10-16(21-3)11-9-15;/h8-11H,4-7,12-14H2,1-3H3,(H2,18,19,20);1H. The molecule has 0 atom stereocenters. The summed E-state index contributed by atoms with van der Waals surface area (Å²) in [7, 11) is 1.67. The monoisotopic (exact) mass is 435 g/mol. The van der Waals surface area contributed by atoms with E-state index in [1.54, 1.807) is 7.11 Å². The number of unbranched alkanes of at least 4 members (excludes halogenated alkanes) is 1. The van der Waals surface area contributed by atoms with Gasteiger partial charge in [-0.3, -0.25) is 0 Å². The molecule has 0 spiro atoms. The number of nitrogens with one attached hydrogen (secondary N) is 2. The van der Waals surface area contributed by atoms with Crippen LogP contribution in [0.5, 0.6) is 5.75 Å². The van der Waals surface area contributed by atoms with Crippen LogP contribution in [0, 0.1) is 0 Å². The van der Waals surface area contributed by atoms with Gasteiger partial charge in [0.25, 0.3) is 0 Å². The average molecular weight is 435 g/mol. The van der Waals surface area contributed by atoms with Crippen LogP contribution in [-0.2, 0) is 11.3 Å². The summed E-state index contributed by atoms with van der Waals surface area (Å²) in [6.45, 7) is 8.12. The quantitative estimate of drug-likeness (QED) is 0.257. The van der Waals surface area contributed by atoms with Gasteiger partial charge in [-0.05, 0) is 44.4 Å². The van der Waals surface area contributed by atoms with Crippen molar-refractivity contribution < 1.29 is 9.47 Å². The van der Waals surface area contributed by atoms with Gasteiger partial charge in [0.2, 0.25) is 0 Å². The van der Waals surface area contributed by atoms with E-state index in [4.69, 9.17) is 9.47 Å². The zero-order chi connectivity index (χ0) is 16.0. The SMILES string of the molecule is CCNC(=NCc1ccc(OC)cc1)NCCCCOCC.I. The van der Waals surface area contributed by atoms with Crippen molar-refractivity contribution in [2.75, 3.05) is 33.4 Å². The van der Waals surface area contributed by atoms with E-state index < -0.39 is 0 Å². The fraction of sp³-hybridized carbons (Fsp3) is 0.588. The summed E-state index contributed by atoms with van der Waals surface area (Å²) in [5.41, 5.74) is 1.16. The fourth-order valence-corrected chi connectivity index (χ4v) is 1.92. The van der Waals surface area contributed by atoms with E-state index in [0.717, 1.165) is 56.4 Å². The van der Waals surface area contributed by atoms with Crippen molar-refractivity contribution in [3.05, 3.63) is 29.8 Å². The molecule has 5 nitrogen and oxygen atoms in total. The zero-order valence-electron chi connectivity index (χ0n) is 14.4. The topological polar surface area (TPSA) is 54.9 Å². The third kappa shape index (κ3) is 10.4. The van der Waals surface area contributed by atoms with E-state index in [2.05, 4.69) is 22.5 Å². The van der Waals surface area contributed by atoms with Crippen molar-refractivity contribution in [3.63, 3.8) is 0 Å². The first-order chi connectivity index (χ1) is 10.8. The van der Waals surface area contributed by atoms with Gasteiger partial charge in [-0.15, -0.1) is 24.0 Å². The van der Waals surface area contributed by atoms with Crippen molar-refractivity contribution in [1.82, 2.24) is 10.6 Å². The zero-order valence-corrected chi connectivity index (χ0v) is 16.8. The molecule has 0 bridgehead atoms. The first-order valence-electron chi connectivity index (χ1n) is 8.03. The van der Waals surface area contributed by atoms with Crippen LogP contribution >= 0.6 is 24.0 Å². The second-order valence-corrected chi connectivity index (χ2v) is 4.87. The molecule has 0 aromatic heterocycles. The largest absolute Gasteiger partial charge is 0.497 e. The molecule has 0 amide bonds. The number of benzene rings is 1. The molecule has 0 saturated heterocycles. The van der Waals surface area contributed by atoms with Crippen LogP contribution in [0.1, 0.15) is 32.3 Å². The molecule has 0 aliphatic carbocycles. The van der Waals surface area contributed by atoms with Gasteiger partial charge in [0.1, 0.15) is 5.75 Å². The second-order valence-electron chi connectivity index (χ2n) is 4.87. The summed E-state index contributed by atoms with van der Waals surface area (Å²) < 4.78 is 10.5. The number of hydrogen-bond donors (Lipinski definition) is 2. The highest BCUT2D eigenvalue weighted by molar-refractivity contribution is 14.0. The molecule has 1 aromatic carbocycles. The first-order valence-corrected chi connectivity index (χ1v) is 8.03. The molecule has 0 fully saturated rings. The van der Waals surface area contributed by atoms with Gasteiger partial charge in [-0.1, -0.05) is 12.1 Å². The van der Waals surface area contributed by atoms with E-state index in [1.807, 2.05) is 31.2 Å². The lowest BCUT2D eigenvalue weighted by Gasteiger charge is -2.11. The summed E-state index contributed by atoms with van der Waals surface area (Å²) in [6.07, 6.45) is 2.14. The van der Waals surface area contributed by atoms with Crippen LogP contribution in [0.25, 0.3) is 0 Å². The van der Waals surface area contributed by atoms with Crippen LogP contribution in [0.3, 0.4) is 0 Å². The van der Waals surface area contributed by atoms with Crippen molar-refractivity contribution >= 4 is 29.9 Å². The van der Waals surface area contributed by atoms with Crippen molar-refractivity contribution in [3.8, 4) is 5.75 Å². The minimum atomic E-state index is 0. The highest BCUT2D eigenvalue weighted by Gasteiger charge is 1.98. The Morgan fingerprint density at radius 2 is 1.83 bits per heavy atom. The highest BCUT2D eigenvalue weighted by Crippen LogP contribution is 2.11. The number of rotatable bonds is 10. The van der Waals surface area contributed by atoms with E-state index in [0.29, 0.717) is 6.54 Å². The Balaban J connectivity index is 0.00000484. The van der Waals surface area contributed by atoms with Gasteiger partial charge >= 0.3 is 0 Å². The number of ether oxygens (including phenoxy) is 2. The Labute approximate surface area is 157 Å². The predicted molar refractivity (Wildman–Crippen MR) is 107 cm³/mol. The molecule has 132 valence electrons. The number of halogens is 1. The van der Waals surface area contributed by atoms with Crippen LogP contribution in [-0.4, -0.2) is 39.4 Å². The average Bonchev–Trinajstić information content (AvgIpc) is 2.56. The summed E-state index contributed by atoms with van der Waals surface area (Å²) in [6, 6.07) is 7.99. The predicted octanol–water partition coefficient (Wildman–Crippen LogP) is 3.19. The van der Waals surface area contributed by atoms with Crippen LogP contribution in [0.15, 0.2) is 29.3 Å². The lowest BCUT2D eigenvalue weighted by molar-refractivity contribution is 0.143. The Bertz CT molecular complexity index is 424. The Morgan fingerprint density at radius 1 is 1.09 bits per heavy atom. The summed E-state index contributed by atoms with van der Waals surface area (Å²) in [5.74, 6) is 1.72. The Kier molecular flexibility index (Phi) is 13.9. The van der Waals surface area contributed by atoms with E-state index >= 15 is 0 Å². The molecule has 0 radical (unpaired) electrons. The molecule has 1 aromatic rings. The number of guanidine groups is 1. The van der Waals surface area contributed by atoms with Crippen LogP contribution in [0.2, 0.25) is 0 Å². The minimum absolute atomic E-state index is 0. The molecule has 1 rings (SSSR count). The highest BCUT2D eigenvalue weighted by atomic mass is 127. The fourth-order valence-electron chi connectivity index (χ4n) is 1.92. The van der Waals surface area contributed by atoms with Crippen molar-refractivity contribution in [1.29, 1.82) is 0 Å². The summed E-state index contributed by atoms with van der Waals surface area (Å²) in [5, 5.41) is 6.61. The first kappa shape index (κ1) is 22.0. The van der Waals surface area contributed by atoms with E-state index in [1.165, 1.54) is 0 Å². The van der Waals surface area contributed by atoms with Crippen LogP contribution < -0.4 is 15.4 Å². The lowest BCUT2D eigenvalue weighted by atomic mass is 10.2. The number of hydrogen-bond acceptors (Lipinski definition) is 3. The van der Waals surface area contributed by atoms with E-state index in [9.17, 15) is 0 Å². The third-order valence-corrected chi connectivity index (χ3v) is 3.14. The molecule has 23 heavy (non-hydrogen) atoms. The number of nitrogens with zero attached hydrogens (tertiary/aromatic N) is 1. The maximum Gasteiger partial charge on any atom is 0.191 e. The van der Waals surface area contributed by atoms with Crippen LogP contribution in [0.4, 0.5) is 0 Å².